The van der Waals surface area contributed by atoms with Crippen molar-refractivity contribution in [2.75, 3.05) is 55.6 Å². The molecule has 22 heteroatoms. The molecular formula is C26H44I2N2O18. The molecule has 3 aliphatic rings. The molecule has 3 rings (SSSR count). The average Bonchev–Trinajstić information content (AvgIpc) is 3.08. The molecule has 15 atom stereocenters. The molecule has 0 unspecified atom stereocenters. The van der Waals surface area contributed by atoms with Crippen LogP contribution in [0.5, 0.6) is 0 Å². The molecular weight excluding hydrogens is 882 g/mol. The molecule has 3 aliphatic heterocycles. The fourth-order valence-corrected chi connectivity index (χ4v) is 5.66. The Morgan fingerprint density at radius 1 is 0.583 bits per heavy atom. The summed E-state index contributed by atoms with van der Waals surface area (Å²) < 4.78 is 44.3. The van der Waals surface area contributed by atoms with Crippen LogP contribution in [0.15, 0.2) is 0 Å². The smallest absolute Gasteiger partial charge is 0.230 e. The van der Waals surface area contributed by atoms with Crippen LogP contribution >= 0.6 is 45.2 Å². The maximum Gasteiger partial charge on any atom is 0.230 e. The zero-order valence-electron chi connectivity index (χ0n) is 25.7. The van der Waals surface area contributed by atoms with E-state index in [-0.39, 0.29) is 35.3 Å². The van der Waals surface area contributed by atoms with Crippen LogP contribution < -0.4 is 10.6 Å². The van der Waals surface area contributed by atoms with Crippen LogP contribution in [0.3, 0.4) is 0 Å². The molecule has 0 spiro atoms. The number of nitrogens with one attached hydrogen (secondary N) is 2. The van der Waals surface area contributed by atoms with Crippen LogP contribution in [0.4, 0.5) is 0 Å². The second-order valence-electron chi connectivity index (χ2n) is 10.9. The normalized spacial score (nSPS) is 40.4. The Bertz CT molecular complexity index is 993. The highest BCUT2D eigenvalue weighted by atomic mass is 127. The van der Waals surface area contributed by atoms with Crippen LogP contribution in [0.25, 0.3) is 0 Å². The summed E-state index contributed by atoms with van der Waals surface area (Å²) in [6.07, 6.45) is -18.0. The third kappa shape index (κ3) is 10.9. The van der Waals surface area contributed by atoms with Gasteiger partial charge in [0.1, 0.15) is 67.0 Å². The van der Waals surface area contributed by atoms with Crippen molar-refractivity contribution >= 4 is 57.0 Å². The molecule has 0 saturated carbocycles. The first-order valence-corrected chi connectivity index (χ1v) is 17.9. The number of alkyl halides is 2. The summed E-state index contributed by atoms with van der Waals surface area (Å²) in [7, 11) is 1.25. The first kappa shape index (κ1) is 42.2. The van der Waals surface area contributed by atoms with Crippen molar-refractivity contribution < 1.29 is 88.3 Å². The predicted octanol–water partition coefficient (Wildman–Crippen LogP) is -5.81. The molecule has 20 nitrogen and oxygen atoms in total. The van der Waals surface area contributed by atoms with Crippen molar-refractivity contribution in [3.8, 4) is 0 Å². The van der Waals surface area contributed by atoms with E-state index in [1.54, 1.807) is 0 Å². The van der Waals surface area contributed by atoms with Crippen LogP contribution in [-0.4, -0.2) is 200 Å². The van der Waals surface area contributed by atoms with Gasteiger partial charge in [0.05, 0.1) is 48.5 Å². The number of halogens is 2. The van der Waals surface area contributed by atoms with Gasteiger partial charge in [0.15, 0.2) is 25.2 Å². The van der Waals surface area contributed by atoms with E-state index in [1.807, 2.05) is 45.2 Å². The lowest BCUT2D eigenvalue weighted by molar-refractivity contribution is -0.354. The molecule has 280 valence electrons. The molecule has 3 saturated heterocycles. The second kappa shape index (κ2) is 20.7. The first-order chi connectivity index (χ1) is 22.9. The predicted molar refractivity (Wildman–Crippen MR) is 172 cm³/mol. The standard InChI is InChI=1S/C26H44I2N2O18/c1-41-25-20(39)22(42-2-3-43-23-14(29-12(33)6-27)18(37)16(35)10(8-31)46-23)21(40)26(48-25)45-5-4-44-24-15(30-13(34)7-28)19(38)17(36)11(9-32)47-24/h10-11,14-26,31-32,35-40H,2-9H2,1H3,(H,29,33)(H,30,34)/t10-,11-,14-,15-,16-,17-,18-,19-,20+,21+,22-,23-,24-,25+,26+/m1/s1. The van der Waals surface area contributed by atoms with Gasteiger partial charge >= 0.3 is 0 Å². The topological polar surface area (TPSA) is 294 Å². The van der Waals surface area contributed by atoms with Gasteiger partial charge in [-0.05, 0) is 0 Å². The molecule has 0 aromatic carbocycles. The zero-order valence-corrected chi connectivity index (χ0v) is 30.0. The van der Waals surface area contributed by atoms with Gasteiger partial charge in [-0.15, -0.1) is 0 Å². The van der Waals surface area contributed by atoms with E-state index in [0.717, 1.165) is 0 Å². The summed E-state index contributed by atoms with van der Waals surface area (Å²) in [5.74, 6) is -0.917. The van der Waals surface area contributed by atoms with E-state index in [4.69, 9.17) is 37.9 Å². The fraction of sp³-hybridized carbons (Fsp3) is 0.923. The van der Waals surface area contributed by atoms with Crippen molar-refractivity contribution in [2.24, 2.45) is 0 Å². The van der Waals surface area contributed by atoms with E-state index in [0.29, 0.717) is 0 Å². The molecule has 0 aliphatic carbocycles. The second-order valence-corrected chi connectivity index (χ2v) is 12.4. The van der Waals surface area contributed by atoms with Crippen molar-refractivity contribution in [1.82, 2.24) is 10.6 Å². The molecule has 10 N–H and O–H groups in total. The van der Waals surface area contributed by atoms with Crippen molar-refractivity contribution in [3.63, 3.8) is 0 Å². The van der Waals surface area contributed by atoms with Crippen LogP contribution in [0.2, 0.25) is 0 Å². The largest absolute Gasteiger partial charge is 0.394 e. The van der Waals surface area contributed by atoms with Gasteiger partial charge in [0.25, 0.3) is 0 Å². The van der Waals surface area contributed by atoms with Crippen LogP contribution in [0.1, 0.15) is 0 Å². The Morgan fingerprint density at radius 3 is 1.38 bits per heavy atom. The number of aliphatic hydroxyl groups is 8. The average molecular weight is 926 g/mol. The highest BCUT2D eigenvalue weighted by Gasteiger charge is 2.48. The van der Waals surface area contributed by atoms with Gasteiger partial charge < -0.3 is 89.4 Å². The lowest BCUT2D eigenvalue weighted by atomic mass is 9.97. The summed E-state index contributed by atoms with van der Waals surface area (Å²) in [6, 6.07) is -2.35. The van der Waals surface area contributed by atoms with Gasteiger partial charge in [-0.3, -0.25) is 9.59 Å². The quantitative estimate of drug-likeness (QED) is 0.0369. The molecule has 0 bridgehead atoms. The van der Waals surface area contributed by atoms with E-state index in [9.17, 15) is 50.4 Å². The Kier molecular flexibility index (Phi) is 18.2. The molecule has 0 radical (unpaired) electrons. The SMILES string of the molecule is CO[C@H]1O[C@H](OCCO[C@@H]2O[C@H](CO)[C@@H](O)[C@H](O)[C@H]2NC(=O)CI)[C@@H](O)[C@H](OCCO[C@@H]2O[C@H](CO)[C@@H](O)[C@H](O)[C@H]2NC(=O)CI)[C@@H]1O. The first-order valence-electron chi connectivity index (χ1n) is 14.9. The minimum absolute atomic E-state index is 0.0507. The summed E-state index contributed by atoms with van der Waals surface area (Å²) in [5, 5.41) is 87.0. The summed E-state index contributed by atoms with van der Waals surface area (Å²) in [4.78, 5) is 23.9. The summed E-state index contributed by atoms with van der Waals surface area (Å²) in [6.45, 7) is -2.26. The maximum absolute atomic E-state index is 12.0. The minimum Gasteiger partial charge on any atom is -0.394 e. The molecule has 3 heterocycles. The van der Waals surface area contributed by atoms with E-state index >= 15 is 0 Å². The third-order valence-corrected chi connectivity index (χ3v) is 9.10. The van der Waals surface area contributed by atoms with Gasteiger partial charge in [0, 0.05) is 7.11 Å². The molecule has 0 aromatic heterocycles. The lowest BCUT2D eigenvalue weighted by Gasteiger charge is -2.43. The lowest BCUT2D eigenvalue weighted by Crippen LogP contribution is -2.65. The monoisotopic (exact) mass is 926 g/mol. The zero-order chi connectivity index (χ0) is 35.5. The molecule has 2 amide bonds. The number of carbonyl (C=O) groups excluding carboxylic acids is 2. The van der Waals surface area contributed by atoms with Gasteiger partial charge in [0.2, 0.25) is 11.8 Å². The number of ether oxygens (including phenoxy) is 8. The number of hydrogen-bond acceptors (Lipinski definition) is 18. The van der Waals surface area contributed by atoms with Crippen molar-refractivity contribution in [2.45, 2.75) is 92.2 Å². The highest BCUT2D eigenvalue weighted by Crippen LogP contribution is 2.27. The Hall–Kier alpha value is -0.240. The minimum atomic E-state index is -1.57. The van der Waals surface area contributed by atoms with Crippen molar-refractivity contribution in [3.05, 3.63) is 0 Å². The van der Waals surface area contributed by atoms with Gasteiger partial charge in [-0.25, -0.2) is 0 Å². The fourth-order valence-electron chi connectivity index (χ4n) is 5.22. The summed E-state index contributed by atoms with van der Waals surface area (Å²) >= 11 is 3.62. The maximum atomic E-state index is 12.0. The Balaban J connectivity index is 1.55. The number of carbonyl (C=O) groups is 2. The number of aliphatic hydroxyl groups excluding tert-OH is 8. The Morgan fingerprint density at radius 2 is 0.979 bits per heavy atom. The number of amides is 2. The van der Waals surface area contributed by atoms with Gasteiger partial charge in [-0.1, -0.05) is 45.2 Å². The van der Waals surface area contributed by atoms with Crippen molar-refractivity contribution in [1.29, 1.82) is 0 Å². The van der Waals surface area contributed by atoms with E-state index in [2.05, 4.69) is 10.6 Å². The highest BCUT2D eigenvalue weighted by molar-refractivity contribution is 14.1. The van der Waals surface area contributed by atoms with Crippen LogP contribution in [-0.2, 0) is 47.5 Å². The third-order valence-electron chi connectivity index (χ3n) is 7.71. The number of methoxy groups -OCH3 is 1. The Labute approximate surface area is 302 Å². The van der Waals surface area contributed by atoms with Crippen LogP contribution in [0, 0.1) is 0 Å². The molecule has 0 aromatic rings. The van der Waals surface area contributed by atoms with Gasteiger partial charge in [-0.2, -0.15) is 0 Å². The number of rotatable bonds is 17. The number of hydrogen-bond donors (Lipinski definition) is 10. The molecule has 48 heavy (non-hydrogen) atoms. The molecule has 3 fully saturated rings. The van der Waals surface area contributed by atoms with E-state index < -0.39 is 117 Å². The van der Waals surface area contributed by atoms with E-state index in [1.165, 1.54) is 7.11 Å². The summed E-state index contributed by atoms with van der Waals surface area (Å²) in [5.41, 5.74) is 0.